The standard InChI is InChI=1S/C9H10F3N3O/c1-4-2-5-6(13-3-4)14-8(9(10,11)12)15-7(5)16/h4H,2-3H2,1H3,(H2,13,14,15,16). The summed E-state index contributed by atoms with van der Waals surface area (Å²) in [6.07, 6.45) is -4.18. The fourth-order valence-electron chi connectivity index (χ4n) is 1.66. The molecule has 0 radical (unpaired) electrons. The number of rotatable bonds is 0. The van der Waals surface area contributed by atoms with Crippen LogP contribution in [0.25, 0.3) is 0 Å². The Kier molecular flexibility index (Phi) is 2.40. The molecule has 0 aromatic carbocycles. The summed E-state index contributed by atoms with van der Waals surface area (Å²) in [5.74, 6) is -0.986. The normalized spacial score (nSPS) is 20.1. The van der Waals surface area contributed by atoms with E-state index in [1.165, 1.54) is 0 Å². The van der Waals surface area contributed by atoms with E-state index in [4.69, 9.17) is 0 Å². The van der Waals surface area contributed by atoms with Crippen LogP contribution in [0.3, 0.4) is 0 Å². The van der Waals surface area contributed by atoms with Crippen molar-refractivity contribution in [1.29, 1.82) is 0 Å². The smallest absolute Gasteiger partial charge is 0.369 e. The summed E-state index contributed by atoms with van der Waals surface area (Å²) in [4.78, 5) is 16.6. The number of nitrogens with zero attached hydrogens (tertiary/aromatic N) is 1. The molecular formula is C9H10F3N3O. The van der Waals surface area contributed by atoms with E-state index >= 15 is 0 Å². The third kappa shape index (κ3) is 1.89. The third-order valence-corrected chi connectivity index (χ3v) is 2.45. The Morgan fingerprint density at radius 1 is 1.44 bits per heavy atom. The van der Waals surface area contributed by atoms with E-state index in [9.17, 15) is 18.0 Å². The van der Waals surface area contributed by atoms with Gasteiger partial charge in [-0.25, -0.2) is 4.98 Å². The van der Waals surface area contributed by atoms with Gasteiger partial charge in [-0.15, -0.1) is 0 Å². The van der Waals surface area contributed by atoms with Crippen molar-refractivity contribution >= 4 is 5.82 Å². The molecule has 0 saturated heterocycles. The van der Waals surface area contributed by atoms with E-state index in [0.717, 1.165) is 0 Å². The van der Waals surface area contributed by atoms with E-state index in [1.807, 2.05) is 6.92 Å². The highest BCUT2D eigenvalue weighted by Crippen LogP contribution is 2.28. The molecule has 1 aliphatic heterocycles. The highest BCUT2D eigenvalue weighted by molar-refractivity contribution is 5.45. The van der Waals surface area contributed by atoms with Crippen LogP contribution in [0.5, 0.6) is 0 Å². The summed E-state index contributed by atoms with van der Waals surface area (Å²) in [5.41, 5.74) is -0.414. The molecular weight excluding hydrogens is 223 g/mol. The Labute approximate surface area is 88.9 Å². The molecule has 2 N–H and O–H groups in total. The topological polar surface area (TPSA) is 57.8 Å². The molecule has 4 nitrogen and oxygen atoms in total. The first-order valence-corrected chi connectivity index (χ1v) is 4.82. The molecule has 88 valence electrons. The second kappa shape index (κ2) is 3.50. The van der Waals surface area contributed by atoms with Crippen LogP contribution >= 0.6 is 0 Å². The van der Waals surface area contributed by atoms with Gasteiger partial charge in [0.05, 0.1) is 5.56 Å². The SMILES string of the molecule is CC1CNc2nc(C(F)(F)F)[nH]c(=O)c2C1. The molecule has 1 aromatic heterocycles. The molecule has 1 unspecified atom stereocenters. The van der Waals surface area contributed by atoms with Crippen LogP contribution < -0.4 is 10.9 Å². The highest BCUT2D eigenvalue weighted by Gasteiger charge is 2.35. The summed E-state index contributed by atoms with van der Waals surface area (Å²) in [6.45, 7) is 2.44. The van der Waals surface area contributed by atoms with Crippen molar-refractivity contribution in [2.24, 2.45) is 5.92 Å². The monoisotopic (exact) mass is 233 g/mol. The number of hydrogen-bond acceptors (Lipinski definition) is 3. The summed E-state index contributed by atoms with van der Waals surface area (Å²) in [5, 5.41) is 2.73. The zero-order chi connectivity index (χ0) is 11.9. The van der Waals surface area contributed by atoms with Gasteiger partial charge in [0.15, 0.2) is 0 Å². The number of aromatic nitrogens is 2. The predicted octanol–water partition coefficient (Wildman–Crippen LogP) is 1.39. The number of hydrogen-bond donors (Lipinski definition) is 2. The lowest BCUT2D eigenvalue weighted by Crippen LogP contribution is -2.31. The van der Waals surface area contributed by atoms with E-state index in [2.05, 4.69) is 10.3 Å². The van der Waals surface area contributed by atoms with Gasteiger partial charge in [0, 0.05) is 6.54 Å². The van der Waals surface area contributed by atoms with Gasteiger partial charge in [0.2, 0.25) is 5.82 Å². The van der Waals surface area contributed by atoms with Gasteiger partial charge >= 0.3 is 6.18 Å². The number of halogens is 3. The van der Waals surface area contributed by atoms with Gasteiger partial charge in [0.25, 0.3) is 5.56 Å². The van der Waals surface area contributed by atoms with Gasteiger partial charge in [0.1, 0.15) is 5.82 Å². The highest BCUT2D eigenvalue weighted by atomic mass is 19.4. The van der Waals surface area contributed by atoms with E-state index in [1.54, 1.807) is 4.98 Å². The lowest BCUT2D eigenvalue weighted by molar-refractivity contribution is -0.145. The Bertz CT molecular complexity index is 466. The van der Waals surface area contributed by atoms with Gasteiger partial charge in [-0.3, -0.25) is 4.79 Å². The largest absolute Gasteiger partial charge is 0.449 e. The van der Waals surface area contributed by atoms with Crippen LogP contribution in [-0.4, -0.2) is 16.5 Å². The molecule has 0 fully saturated rings. The van der Waals surface area contributed by atoms with Gasteiger partial charge in [-0.2, -0.15) is 13.2 Å². The first-order chi connectivity index (χ1) is 7.38. The summed E-state index contributed by atoms with van der Waals surface area (Å²) >= 11 is 0. The zero-order valence-electron chi connectivity index (χ0n) is 8.48. The second-order valence-electron chi connectivity index (χ2n) is 3.93. The van der Waals surface area contributed by atoms with Gasteiger partial charge in [-0.05, 0) is 12.3 Å². The third-order valence-electron chi connectivity index (χ3n) is 2.45. The van der Waals surface area contributed by atoms with Crippen molar-refractivity contribution < 1.29 is 13.2 Å². The lowest BCUT2D eigenvalue weighted by Gasteiger charge is -2.22. The molecule has 0 spiro atoms. The van der Waals surface area contributed by atoms with Crippen LogP contribution in [-0.2, 0) is 12.6 Å². The first-order valence-electron chi connectivity index (χ1n) is 4.82. The molecule has 7 heteroatoms. The van der Waals surface area contributed by atoms with Crippen molar-refractivity contribution in [1.82, 2.24) is 9.97 Å². The lowest BCUT2D eigenvalue weighted by atomic mass is 9.99. The quantitative estimate of drug-likeness (QED) is 0.712. The number of fused-ring (bicyclic) bond motifs is 1. The average molecular weight is 233 g/mol. The molecule has 1 aromatic rings. The summed E-state index contributed by atoms with van der Waals surface area (Å²) in [7, 11) is 0. The van der Waals surface area contributed by atoms with Gasteiger partial charge in [-0.1, -0.05) is 6.92 Å². The molecule has 1 aliphatic rings. The van der Waals surface area contributed by atoms with E-state index in [-0.39, 0.29) is 11.7 Å². The van der Waals surface area contributed by atoms with Crippen LogP contribution in [0.15, 0.2) is 4.79 Å². The number of anilines is 1. The van der Waals surface area contributed by atoms with Crippen molar-refractivity contribution in [3.05, 3.63) is 21.7 Å². The summed E-state index contributed by atoms with van der Waals surface area (Å²) in [6, 6.07) is 0. The summed E-state index contributed by atoms with van der Waals surface area (Å²) < 4.78 is 37.1. The fourth-order valence-corrected chi connectivity index (χ4v) is 1.66. The Morgan fingerprint density at radius 3 is 2.75 bits per heavy atom. The molecule has 0 aliphatic carbocycles. The number of aromatic amines is 1. The number of nitrogens with one attached hydrogen (secondary N) is 2. The van der Waals surface area contributed by atoms with Crippen molar-refractivity contribution in [2.45, 2.75) is 19.5 Å². The van der Waals surface area contributed by atoms with Crippen LogP contribution in [0.1, 0.15) is 18.3 Å². The van der Waals surface area contributed by atoms with Crippen LogP contribution in [0.2, 0.25) is 0 Å². The molecule has 16 heavy (non-hydrogen) atoms. The molecule has 0 saturated carbocycles. The Morgan fingerprint density at radius 2 is 2.12 bits per heavy atom. The van der Waals surface area contributed by atoms with E-state index < -0.39 is 17.6 Å². The van der Waals surface area contributed by atoms with Crippen molar-refractivity contribution in [3.8, 4) is 0 Å². The van der Waals surface area contributed by atoms with Crippen molar-refractivity contribution in [3.63, 3.8) is 0 Å². The maximum atomic E-state index is 12.4. The zero-order valence-corrected chi connectivity index (χ0v) is 8.48. The minimum atomic E-state index is -4.63. The molecule has 0 amide bonds. The Balaban J connectivity index is 2.51. The first kappa shape index (κ1) is 11.0. The fraction of sp³-hybridized carbons (Fsp3) is 0.556. The molecule has 1 atom stereocenters. The second-order valence-corrected chi connectivity index (χ2v) is 3.93. The van der Waals surface area contributed by atoms with Gasteiger partial charge < -0.3 is 10.3 Å². The van der Waals surface area contributed by atoms with Crippen LogP contribution in [0.4, 0.5) is 19.0 Å². The minimum absolute atomic E-state index is 0.0502. The maximum absolute atomic E-state index is 12.4. The predicted molar refractivity (Wildman–Crippen MR) is 51.2 cm³/mol. The van der Waals surface area contributed by atoms with Crippen LogP contribution in [0, 0.1) is 5.92 Å². The molecule has 2 rings (SSSR count). The number of H-pyrrole nitrogens is 1. The number of alkyl halides is 3. The Hall–Kier alpha value is -1.53. The molecule has 0 bridgehead atoms. The minimum Gasteiger partial charge on any atom is -0.369 e. The molecule has 2 heterocycles. The maximum Gasteiger partial charge on any atom is 0.449 e. The average Bonchev–Trinajstić information content (AvgIpc) is 2.17. The van der Waals surface area contributed by atoms with E-state index in [0.29, 0.717) is 18.5 Å². The van der Waals surface area contributed by atoms with Crippen molar-refractivity contribution in [2.75, 3.05) is 11.9 Å².